The molecule has 0 N–H and O–H groups in total. The lowest BCUT2D eigenvalue weighted by atomic mass is 10.1. The van der Waals surface area contributed by atoms with Gasteiger partial charge in [0.25, 0.3) is 0 Å². The first-order chi connectivity index (χ1) is 3.25. The van der Waals surface area contributed by atoms with Gasteiger partial charge in [-0.1, -0.05) is 13.8 Å². The minimum absolute atomic E-state index is 0.590. The monoisotopic (exact) mass is 127 g/mol. The molecule has 0 saturated carbocycles. The number of halogens is 3. The highest BCUT2D eigenvalue weighted by Gasteiger charge is 2.37. The van der Waals surface area contributed by atoms with Gasteiger partial charge in [0.05, 0.1) is 0 Å². The molecule has 0 aliphatic rings. The number of hydrogen-bond acceptors (Lipinski definition) is 1. The maximum Gasteiger partial charge on any atom is 0.379 e. The molecule has 0 spiro atoms. The highest BCUT2D eigenvalue weighted by Crippen LogP contribution is 2.26. The summed E-state index contributed by atoms with van der Waals surface area (Å²) >= 11 is 0. The van der Waals surface area contributed by atoms with Crippen LogP contribution in [0.4, 0.5) is 13.2 Å². The average molecular weight is 127 g/mol. The molecule has 0 atom stereocenters. The van der Waals surface area contributed by atoms with Crippen LogP contribution >= 0.6 is 0 Å². The van der Waals surface area contributed by atoms with Crippen LogP contribution in [0.5, 0.6) is 0 Å². The van der Waals surface area contributed by atoms with Crippen molar-refractivity contribution in [2.24, 2.45) is 0 Å². The summed E-state index contributed by atoms with van der Waals surface area (Å²) in [6.07, 6.45) is -4.62. The summed E-state index contributed by atoms with van der Waals surface area (Å²) in [5.41, 5.74) is -2.81. The van der Waals surface area contributed by atoms with Gasteiger partial charge < -0.3 is 5.11 Å². The molecule has 1 nitrogen and oxygen atoms in total. The molecule has 0 aliphatic heterocycles. The van der Waals surface area contributed by atoms with E-state index in [4.69, 9.17) is 0 Å². The zero-order valence-corrected chi connectivity index (χ0v) is 4.54. The van der Waals surface area contributed by atoms with Gasteiger partial charge in [0.1, 0.15) is 0 Å². The van der Waals surface area contributed by atoms with Crippen LogP contribution < -0.4 is 5.11 Å². The summed E-state index contributed by atoms with van der Waals surface area (Å²) in [4.78, 5) is 0. The Hall–Kier alpha value is -0.250. The van der Waals surface area contributed by atoms with Gasteiger partial charge in [-0.3, -0.25) is 0 Å². The molecule has 0 fully saturated rings. The van der Waals surface area contributed by atoms with E-state index in [-0.39, 0.29) is 0 Å². The minimum Gasteiger partial charge on any atom is -0.843 e. The Kier molecular flexibility index (Phi) is 1.57. The molecule has 0 aromatic heterocycles. The van der Waals surface area contributed by atoms with Crippen molar-refractivity contribution in [2.75, 3.05) is 0 Å². The van der Waals surface area contributed by atoms with Gasteiger partial charge in [-0.05, 0) is 5.60 Å². The van der Waals surface area contributed by atoms with E-state index in [9.17, 15) is 18.3 Å². The summed E-state index contributed by atoms with van der Waals surface area (Å²) in [6, 6.07) is 0. The number of alkyl halides is 3. The highest BCUT2D eigenvalue weighted by molar-refractivity contribution is 4.72. The summed E-state index contributed by atoms with van der Waals surface area (Å²) in [7, 11) is 0. The van der Waals surface area contributed by atoms with Gasteiger partial charge in [0.2, 0.25) is 0 Å². The lowest BCUT2D eigenvalue weighted by molar-refractivity contribution is -0.527. The minimum atomic E-state index is -4.62. The van der Waals surface area contributed by atoms with Gasteiger partial charge in [0, 0.05) is 0 Å². The maximum absolute atomic E-state index is 11.2. The van der Waals surface area contributed by atoms with Gasteiger partial charge in [0.15, 0.2) is 0 Å². The zero-order chi connectivity index (χ0) is 7.00. The van der Waals surface area contributed by atoms with Crippen molar-refractivity contribution in [3.05, 3.63) is 0 Å². The summed E-state index contributed by atoms with van der Waals surface area (Å²) in [5, 5.41) is 10.0. The van der Waals surface area contributed by atoms with E-state index in [2.05, 4.69) is 0 Å². The predicted octanol–water partition coefficient (Wildman–Crippen LogP) is 0.688. The van der Waals surface area contributed by atoms with Crippen LogP contribution in [0.3, 0.4) is 0 Å². The standard InChI is InChI=1S/C4H6F3O/c1-3(2,8)4(5,6)7/h1-2H3/q-1. The fourth-order valence-electron chi connectivity index (χ4n) is 0. The maximum atomic E-state index is 11.2. The first-order valence-electron chi connectivity index (χ1n) is 2.02. The Bertz CT molecular complexity index is 66.3. The van der Waals surface area contributed by atoms with Crippen molar-refractivity contribution in [1.82, 2.24) is 0 Å². The first-order valence-corrected chi connectivity index (χ1v) is 2.02. The normalized spacial score (nSPS) is 14.2. The Morgan fingerprint density at radius 2 is 1.25 bits per heavy atom. The van der Waals surface area contributed by atoms with E-state index in [1.807, 2.05) is 0 Å². The molecule has 50 valence electrons. The second-order valence-electron chi connectivity index (χ2n) is 2.01. The number of rotatable bonds is 0. The van der Waals surface area contributed by atoms with Gasteiger partial charge in [-0.2, -0.15) is 13.2 Å². The van der Waals surface area contributed by atoms with Crippen LogP contribution in [-0.4, -0.2) is 11.8 Å². The SMILES string of the molecule is CC(C)([O-])C(F)(F)F. The van der Waals surface area contributed by atoms with E-state index in [0.717, 1.165) is 0 Å². The van der Waals surface area contributed by atoms with E-state index in [1.54, 1.807) is 0 Å². The van der Waals surface area contributed by atoms with Crippen molar-refractivity contribution >= 4 is 0 Å². The van der Waals surface area contributed by atoms with Gasteiger partial charge in [-0.15, -0.1) is 0 Å². The average Bonchev–Trinajstić information content (AvgIpc) is 1.25. The van der Waals surface area contributed by atoms with Crippen molar-refractivity contribution in [1.29, 1.82) is 0 Å². The van der Waals surface area contributed by atoms with E-state index in [1.165, 1.54) is 0 Å². The third-order valence-corrected chi connectivity index (χ3v) is 0.683. The molecule has 0 aromatic rings. The fourth-order valence-corrected chi connectivity index (χ4v) is 0. The smallest absolute Gasteiger partial charge is 0.379 e. The quantitative estimate of drug-likeness (QED) is 0.469. The molecule has 0 bridgehead atoms. The van der Waals surface area contributed by atoms with Crippen molar-refractivity contribution in [2.45, 2.75) is 25.6 Å². The zero-order valence-electron chi connectivity index (χ0n) is 4.54. The van der Waals surface area contributed by atoms with Crippen LogP contribution in [-0.2, 0) is 0 Å². The first kappa shape index (κ1) is 7.75. The lowest BCUT2D eigenvalue weighted by Crippen LogP contribution is -2.50. The molecule has 0 aliphatic carbocycles. The second-order valence-corrected chi connectivity index (χ2v) is 2.01. The fraction of sp³-hybridized carbons (Fsp3) is 1.00. The molecule has 4 heteroatoms. The lowest BCUT2D eigenvalue weighted by Gasteiger charge is -2.33. The molecule has 0 radical (unpaired) electrons. The van der Waals surface area contributed by atoms with Crippen LogP contribution in [0.2, 0.25) is 0 Å². The summed E-state index contributed by atoms with van der Waals surface area (Å²) in [6.45, 7) is 1.18. The number of hydrogen-bond donors (Lipinski definition) is 0. The largest absolute Gasteiger partial charge is 0.843 e. The summed E-state index contributed by atoms with van der Waals surface area (Å²) < 4.78 is 33.8. The summed E-state index contributed by atoms with van der Waals surface area (Å²) in [5.74, 6) is 0. The Balaban J connectivity index is 4.02. The van der Waals surface area contributed by atoms with Crippen LogP contribution in [0.15, 0.2) is 0 Å². The molecule has 0 unspecified atom stereocenters. The molecule has 0 aromatic carbocycles. The van der Waals surface area contributed by atoms with E-state index < -0.39 is 11.8 Å². The molecule has 0 saturated heterocycles. The Labute approximate surface area is 45.1 Å². The van der Waals surface area contributed by atoms with Crippen LogP contribution in [0.25, 0.3) is 0 Å². The molecule has 8 heavy (non-hydrogen) atoms. The van der Waals surface area contributed by atoms with Gasteiger partial charge >= 0.3 is 6.18 Å². The van der Waals surface area contributed by atoms with Crippen LogP contribution in [0.1, 0.15) is 13.8 Å². The highest BCUT2D eigenvalue weighted by atomic mass is 19.4. The molecular weight excluding hydrogens is 121 g/mol. The van der Waals surface area contributed by atoms with Crippen molar-refractivity contribution in [3.63, 3.8) is 0 Å². The third kappa shape index (κ3) is 1.69. The van der Waals surface area contributed by atoms with Gasteiger partial charge in [-0.25, -0.2) is 0 Å². The molecule has 0 amide bonds. The van der Waals surface area contributed by atoms with E-state index >= 15 is 0 Å². The van der Waals surface area contributed by atoms with Crippen molar-refractivity contribution in [3.8, 4) is 0 Å². The van der Waals surface area contributed by atoms with Crippen molar-refractivity contribution < 1.29 is 18.3 Å². The topological polar surface area (TPSA) is 23.1 Å². The Morgan fingerprint density at radius 3 is 1.25 bits per heavy atom. The molecule has 0 heterocycles. The Morgan fingerprint density at radius 1 is 1.12 bits per heavy atom. The van der Waals surface area contributed by atoms with E-state index in [0.29, 0.717) is 13.8 Å². The molecule has 0 rings (SSSR count). The third-order valence-electron chi connectivity index (χ3n) is 0.683. The second kappa shape index (κ2) is 1.62. The predicted molar refractivity (Wildman–Crippen MR) is 20.1 cm³/mol. The van der Waals surface area contributed by atoms with Crippen LogP contribution in [0, 0.1) is 0 Å². The molecular formula is C4H6F3O-.